The Hall–Kier alpha value is -1.14. The minimum Gasteiger partial charge on any atom is -0.377 e. The number of rotatable bonds is 3. The number of carbonyl (C=O) groups is 2. The number of morpholine rings is 1. The molecule has 2 rings (SSSR count). The highest BCUT2D eigenvalue weighted by molar-refractivity contribution is 5.87. The number of ether oxygens (including phenoxy) is 1. The van der Waals surface area contributed by atoms with Crippen LogP contribution in [-0.2, 0) is 14.3 Å². The smallest absolute Gasteiger partial charge is 0.242 e. The third kappa shape index (κ3) is 3.45. The Labute approximate surface area is 113 Å². The van der Waals surface area contributed by atoms with Gasteiger partial charge in [-0.15, -0.1) is 0 Å². The van der Waals surface area contributed by atoms with E-state index < -0.39 is 11.9 Å². The molecule has 0 aromatic heterocycles. The van der Waals surface area contributed by atoms with Crippen molar-refractivity contribution in [2.75, 3.05) is 19.8 Å². The molecule has 1 saturated heterocycles. The number of hydrogen-bond acceptors (Lipinski definition) is 4. The van der Waals surface area contributed by atoms with Crippen molar-refractivity contribution in [2.45, 2.75) is 44.2 Å². The average molecular weight is 269 g/mol. The van der Waals surface area contributed by atoms with Crippen LogP contribution in [0.2, 0.25) is 0 Å². The quantitative estimate of drug-likeness (QED) is 0.728. The van der Waals surface area contributed by atoms with Gasteiger partial charge >= 0.3 is 0 Å². The van der Waals surface area contributed by atoms with Gasteiger partial charge in [-0.3, -0.25) is 9.59 Å². The van der Waals surface area contributed by atoms with Crippen molar-refractivity contribution in [3.8, 4) is 0 Å². The molecule has 1 saturated carbocycles. The summed E-state index contributed by atoms with van der Waals surface area (Å²) in [7, 11) is 0. The van der Waals surface area contributed by atoms with Crippen LogP contribution < -0.4 is 11.5 Å². The van der Waals surface area contributed by atoms with Gasteiger partial charge in [-0.2, -0.15) is 0 Å². The molecule has 108 valence electrons. The van der Waals surface area contributed by atoms with Crippen molar-refractivity contribution in [3.05, 3.63) is 0 Å². The molecular weight excluding hydrogens is 246 g/mol. The summed E-state index contributed by atoms with van der Waals surface area (Å²) in [5, 5.41) is 0. The van der Waals surface area contributed by atoms with Gasteiger partial charge in [-0.05, 0) is 18.8 Å². The molecule has 1 heterocycles. The standard InChI is InChI=1S/C13H23N3O3/c14-10-4-2-1-3-9(10)7-12(17)16-5-6-19-8-11(16)13(15)18/h9-11H,1-8,14H2,(H2,15,18). The van der Waals surface area contributed by atoms with Crippen molar-refractivity contribution in [3.63, 3.8) is 0 Å². The molecule has 2 aliphatic rings. The van der Waals surface area contributed by atoms with Crippen LogP contribution >= 0.6 is 0 Å². The summed E-state index contributed by atoms with van der Waals surface area (Å²) in [4.78, 5) is 25.2. The van der Waals surface area contributed by atoms with Gasteiger partial charge in [0, 0.05) is 19.0 Å². The van der Waals surface area contributed by atoms with E-state index in [0.29, 0.717) is 19.6 Å². The van der Waals surface area contributed by atoms with Gasteiger partial charge in [-0.1, -0.05) is 12.8 Å². The molecule has 1 aliphatic carbocycles. The molecule has 0 aromatic rings. The van der Waals surface area contributed by atoms with Gasteiger partial charge in [0.05, 0.1) is 13.2 Å². The largest absolute Gasteiger partial charge is 0.377 e. The fraction of sp³-hybridized carbons (Fsp3) is 0.846. The number of carbonyl (C=O) groups excluding carboxylic acids is 2. The molecule has 6 heteroatoms. The average Bonchev–Trinajstić information content (AvgIpc) is 2.41. The van der Waals surface area contributed by atoms with Crippen LogP contribution in [0.25, 0.3) is 0 Å². The van der Waals surface area contributed by atoms with Crippen molar-refractivity contribution in [2.24, 2.45) is 17.4 Å². The molecule has 3 atom stereocenters. The van der Waals surface area contributed by atoms with E-state index in [1.807, 2.05) is 0 Å². The number of amides is 2. The molecule has 0 bridgehead atoms. The number of nitrogens with zero attached hydrogens (tertiary/aromatic N) is 1. The van der Waals surface area contributed by atoms with Crippen LogP contribution in [0.3, 0.4) is 0 Å². The minimum atomic E-state index is -0.624. The van der Waals surface area contributed by atoms with Crippen LogP contribution in [0.15, 0.2) is 0 Å². The van der Waals surface area contributed by atoms with E-state index in [1.54, 1.807) is 4.90 Å². The SMILES string of the molecule is NC(=O)C1COCCN1C(=O)CC1CCCCC1N. The Balaban J connectivity index is 1.95. The Morgan fingerprint density at radius 1 is 1.26 bits per heavy atom. The Morgan fingerprint density at radius 2 is 2.00 bits per heavy atom. The topological polar surface area (TPSA) is 98.7 Å². The third-order valence-corrected chi connectivity index (χ3v) is 4.18. The molecule has 4 N–H and O–H groups in total. The lowest BCUT2D eigenvalue weighted by atomic mass is 9.82. The molecular formula is C13H23N3O3. The van der Waals surface area contributed by atoms with Crippen LogP contribution in [0.5, 0.6) is 0 Å². The fourth-order valence-electron chi connectivity index (χ4n) is 2.97. The van der Waals surface area contributed by atoms with Crippen molar-refractivity contribution < 1.29 is 14.3 Å². The minimum absolute atomic E-state index is 0.0190. The molecule has 0 spiro atoms. The molecule has 3 unspecified atom stereocenters. The van der Waals surface area contributed by atoms with E-state index in [-0.39, 0.29) is 24.5 Å². The second-order valence-electron chi connectivity index (χ2n) is 5.49. The maximum absolute atomic E-state index is 12.3. The molecule has 2 fully saturated rings. The van der Waals surface area contributed by atoms with Gasteiger partial charge in [0.1, 0.15) is 6.04 Å². The summed E-state index contributed by atoms with van der Waals surface area (Å²) in [5.74, 6) is -0.284. The highest BCUT2D eigenvalue weighted by Gasteiger charge is 2.33. The predicted molar refractivity (Wildman–Crippen MR) is 70.1 cm³/mol. The zero-order valence-electron chi connectivity index (χ0n) is 11.2. The Bertz CT molecular complexity index is 348. The van der Waals surface area contributed by atoms with Crippen molar-refractivity contribution in [1.29, 1.82) is 0 Å². The Kier molecular flexibility index (Phi) is 4.76. The third-order valence-electron chi connectivity index (χ3n) is 4.18. The zero-order chi connectivity index (χ0) is 13.8. The number of primary amides is 1. The first-order chi connectivity index (χ1) is 9.09. The number of nitrogens with two attached hydrogens (primary N) is 2. The van der Waals surface area contributed by atoms with Crippen LogP contribution in [0.1, 0.15) is 32.1 Å². The lowest BCUT2D eigenvalue weighted by Gasteiger charge is -2.36. The summed E-state index contributed by atoms with van der Waals surface area (Å²) in [6, 6.07) is -0.521. The van der Waals surface area contributed by atoms with Crippen LogP contribution in [0, 0.1) is 5.92 Å². The van der Waals surface area contributed by atoms with Crippen molar-refractivity contribution >= 4 is 11.8 Å². The fourth-order valence-corrected chi connectivity index (χ4v) is 2.97. The summed E-state index contributed by atoms with van der Waals surface area (Å²) in [6.45, 7) is 1.11. The highest BCUT2D eigenvalue weighted by Crippen LogP contribution is 2.26. The summed E-state index contributed by atoms with van der Waals surface area (Å²) in [6.07, 6.45) is 4.69. The molecule has 6 nitrogen and oxygen atoms in total. The maximum atomic E-state index is 12.3. The summed E-state index contributed by atoms with van der Waals surface area (Å²) >= 11 is 0. The number of hydrogen-bond donors (Lipinski definition) is 2. The summed E-state index contributed by atoms with van der Waals surface area (Å²) < 4.78 is 5.22. The van der Waals surface area contributed by atoms with Crippen LogP contribution in [0.4, 0.5) is 0 Å². The molecule has 19 heavy (non-hydrogen) atoms. The monoisotopic (exact) mass is 269 g/mol. The molecule has 0 aromatic carbocycles. The molecule has 0 radical (unpaired) electrons. The van der Waals surface area contributed by atoms with E-state index in [4.69, 9.17) is 16.2 Å². The zero-order valence-corrected chi connectivity index (χ0v) is 11.2. The van der Waals surface area contributed by atoms with Gasteiger partial charge in [0.15, 0.2) is 0 Å². The summed E-state index contributed by atoms with van der Waals surface area (Å²) in [5.41, 5.74) is 11.4. The predicted octanol–water partition coefficient (Wildman–Crippen LogP) is -0.393. The first kappa shape index (κ1) is 14.3. The van der Waals surface area contributed by atoms with Crippen LogP contribution in [-0.4, -0.2) is 48.6 Å². The van der Waals surface area contributed by atoms with Crippen molar-refractivity contribution in [1.82, 2.24) is 4.90 Å². The van der Waals surface area contributed by atoms with Gasteiger partial charge in [0.25, 0.3) is 0 Å². The second kappa shape index (κ2) is 6.34. The molecule has 2 amide bonds. The first-order valence-corrected chi connectivity index (χ1v) is 7.01. The lowest BCUT2D eigenvalue weighted by Crippen LogP contribution is -2.55. The normalized spacial score (nSPS) is 32.1. The Morgan fingerprint density at radius 3 is 2.68 bits per heavy atom. The van der Waals surface area contributed by atoms with E-state index in [9.17, 15) is 9.59 Å². The lowest BCUT2D eigenvalue weighted by molar-refractivity contribution is -0.148. The van der Waals surface area contributed by atoms with E-state index >= 15 is 0 Å². The van der Waals surface area contributed by atoms with Gasteiger partial charge < -0.3 is 21.1 Å². The van der Waals surface area contributed by atoms with E-state index in [2.05, 4.69) is 0 Å². The second-order valence-corrected chi connectivity index (χ2v) is 5.49. The first-order valence-electron chi connectivity index (χ1n) is 7.01. The maximum Gasteiger partial charge on any atom is 0.242 e. The highest BCUT2D eigenvalue weighted by atomic mass is 16.5. The van der Waals surface area contributed by atoms with Gasteiger partial charge in [-0.25, -0.2) is 0 Å². The van der Waals surface area contributed by atoms with Gasteiger partial charge in [0.2, 0.25) is 11.8 Å². The van der Waals surface area contributed by atoms with E-state index in [0.717, 1.165) is 25.7 Å². The van der Waals surface area contributed by atoms with E-state index in [1.165, 1.54) is 0 Å². The molecule has 1 aliphatic heterocycles.